The Morgan fingerprint density at radius 2 is 2.10 bits per heavy atom. The fraction of sp³-hybridized carbons (Fsp3) is 0.438. The highest BCUT2D eigenvalue weighted by molar-refractivity contribution is 5.76. The Morgan fingerprint density at radius 3 is 2.70 bits per heavy atom. The van der Waals surface area contributed by atoms with E-state index in [1.807, 2.05) is 43.0 Å². The van der Waals surface area contributed by atoms with Gasteiger partial charge in [0.2, 0.25) is 5.91 Å². The molecule has 4 nitrogen and oxygen atoms in total. The second-order valence-electron chi connectivity index (χ2n) is 4.90. The van der Waals surface area contributed by atoms with Crippen LogP contribution in [0.25, 0.3) is 0 Å². The van der Waals surface area contributed by atoms with Gasteiger partial charge in [0.1, 0.15) is 0 Å². The predicted octanol–water partition coefficient (Wildman–Crippen LogP) is 1.12. The fourth-order valence-electron chi connectivity index (χ4n) is 1.83. The minimum Gasteiger partial charge on any atom is -0.395 e. The smallest absolute Gasteiger partial charge is 0.231 e. The number of nitrogens with two attached hydrogens (primary N) is 1. The lowest BCUT2D eigenvalue weighted by atomic mass is 10.1. The first-order valence-electron chi connectivity index (χ1n) is 6.74. The van der Waals surface area contributed by atoms with Gasteiger partial charge in [-0.25, -0.2) is 0 Å². The molecule has 20 heavy (non-hydrogen) atoms. The summed E-state index contributed by atoms with van der Waals surface area (Å²) in [5.41, 5.74) is 7.27. The number of carbonyl (C=O) groups is 1. The van der Waals surface area contributed by atoms with E-state index in [0.29, 0.717) is 13.0 Å². The first-order valence-corrected chi connectivity index (χ1v) is 6.74. The van der Waals surface area contributed by atoms with Gasteiger partial charge >= 0.3 is 0 Å². The number of benzene rings is 1. The topological polar surface area (TPSA) is 66.6 Å². The molecule has 1 aromatic rings. The average Bonchev–Trinajstić information content (AvgIpc) is 2.39. The maximum atomic E-state index is 11.1. The summed E-state index contributed by atoms with van der Waals surface area (Å²) in [6.07, 6.45) is 0.462. The van der Waals surface area contributed by atoms with Crippen molar-refractivity contribution in [3.05, 3.63) is 35.4 Å². The SMILES string of the molecule is CC(C)N(CC(N)=O)Cc1ccccc1C#CCCO. The van der Waals surface area contributed by atoms with Crippen molar-refractivity contribution in [3.63, 3.8) is 0 Å². The van der Waals surface area contributed by atoms with Gasteiger partial charge in [-0.2, -0.15) is 0 Å². The molecule has 0 saturated carbocycles. The monoisotopic (exact) mass is 274 g/mol. The second kappa shape index (κ2) is 8.36. The highest BCUT2D eigenvalue weighted by atomic mass is 16.2. The number of rotatable bonds is 6. The first-order chi connectivity index (χ1) is 9.54. The zero-order chi connectivity index (χ0) is 15.0. The van der Waals surface area contributed by atoms with Crippen LogP contribution in [0.2, 0.25) is 0 Å². The van der Waals surface area contributed by atoms with E-state index in [9.17, 15) is 4.79 Å². The maximum absolute atomic E-state index is 11.1. The number of carbonyl (C=O) groups excluding carboxylic acids is 1. The number of amides is 1. The van der Waals surface area contributed by atoms with E-state index < -0.39 is 0 Å². The van der Waals surface area contributed by atoms with E-state index in [1.54, 1.807) is 0 Å². The summed E-state index contributed by atoms with van der Waals surface area (Å²) in [6.45, 7) is 4.99. The van der Waals surface area contributed by atoms with Crippen molar-refractivity contribution in [2.45, 2.75) is 32.9 Å². The molecular formula is C16H22N2O2. The van der Waals surface area contributed by atoms with Crippen LogP contribution in [0.5, 0.6) is 0 Å². The third kappa shape index (κ3) is 5.43. The lowest BCUT2D eigenvalue weighted by molar-refractivity contribution is -0.119. The standard InChI is InChI=1S/C16H22N2O2/c1-13(2)18(12-16(17)20)11-15-9-4-3-7-14(15)8-5-6-10-19/h3-4,7,9,13,19H,6,10-12H2,1-2H3,(H2,17,20). The largest absolute Gasteiger partial charge is 0.395 e. The van der Waals surface area contributed by atoms with Gasteiger partial charge in [0.15, 0.2) is 0 Å². The Bertz CT molecular complexity index is 501. The van der Waals surface area contributed by atoms with Crippen molar-refractivity contribution in [3.8, 4) is 11.8 Å². The van der Waals surface area contributed by atoms with Gasteiger partial charge in [-0.05, 0) is 25.5 Å². The van der Waals surface area contributed by atoms with Crippen LogP contribution in [0.15, 0.2) is 24.3 Å². The van der Waals surface area contributed by atoms with E-state index >= 15 is 0 Å². The van der Waals surface area contributed by atoms with E-state index in [-0.39, 0.29) is 25.1 Å². The molecular weight excluding hydrogens is 252 g/mol. The predicted molar refractivity (Wildman–Crippen MR) is 79.8 cm³/mol. The quantitative estimate of drug-likeness (QED) is 0.764. The van der Waals surface area contributed by atoms with E-state index in [1.165, 1.54) is 0 Å². The molecule has 1 rings (SSSR count). The van der Waals surface area contributed by atoms with Crippen LogP contribution >= 0.6 is 0 Å². The number of hydrogen-bond acceptors (Lipinski definition) is 3. The molecule has 0 atom stereocenters. The van der Waals surface area contributed by atoms with Crippen molar-refractivity contribution in [1.29, 1.82) is 0 Å². The van der Waals surface area contributed by atoms with Crippen LogP contribution in [-0.4, -0.2) is 35.1 Å². The molecule has 108 valence electrons. The lowest BCUT2D eigenvalue weighted by Gasteiger charge is -2.25. The van der Waals surface area contributed by atoms with Crippen LogP contribution in [0, 0.1) is 11.8 Å². The molecule has 0 heterocycles. The van der Waals surface area contributed by atoms with Crippen LogP contribution in [0.3, 0.4) is 0 Å². The summed E-state index contributed by atoms with van der Waals surface area (Å²) in [7, 11) is 0. The van der Waals surface area contributed by atoms with E-state index in [0.717, 1.165) is 11.1 Å². The van der Waals surface area contributed by atoms with Gasteiger partial charge < -0.3 is 10.8 Å². The number of aliphatic hydroxyl groups is 1. The lowest BCUT2D eigenvalue weighted by Crippen LogP contribution is -2.38. The number of nitrogens with zero attached hydrogens (tertiary/aromatic N) is 1. The number of aliphatic hydroxyl groups excluding tert-OH is 1. The van der Waals surface area contributed by atoms with Gasteiger partial charge in [0.25, 0.3) is 0 Å². The minimum atomic E-state index is -0.331. The molecule has 3 N–H and O–H groups in total. The van der Waals surface area contributed by atoms with Gasteiger partial charge in [-0.15, -0.1) is 0 Å². The maximum Gasteiger partial charge on any atom is 0.231 e. The van der Waals surface area contributed by atoms with Gasteiger partial charge in [0, 0.05) is 24.6 Å². The van der Waals surface area contributed by atoms with Crippen LogP contribution in [-0.2, 0) is 11.3 Å². The summed E-state index contributed by atoms with van der Waals surface area (Å²) in [5, 5.41) is 8.77. The van der Waals surface area contributed by atoms with Crippen molar-refractivity contribution >= 4 is 5.91 Å². The van der Waals surface area contributed by atoms with Crippen LogP contribution in [0.1, 0.15) is 31.4 Å². The Hall–Kier alpha value is -1.83. The molecule has 0 aliphatic carbocycles. The number of primary amides is 1. The van der Waals surface area contributed by atoms with Gasteiger partial charge in [0.05, 0.1) is 13.2 Å². The Labute approximate surface area is 120 Å². The molecule has 0 fully saturated rings. The highest BCUT2D eigenvalue weighted by Crippen LogP contribution is 2.12. The molecule has 1 amide bonds. The summed E-state index contributed by atoms with van der Waals surface area (Å²) in [4.78, 5) is 13.1. The van der Waals surface area contributed by atoms with Gasteiger partial charge in [-0.3, -0.25) is 9.69 Å². The molecule has 0 bridgehead atoms. The third-order valence-corrected chi connectivity index (χ3v) is 2.94. The van der Waals surface area contributed by atoms with Crippen molar-refractivity contribution in [2.75, 3.05) is 13.2 Å². The molecule has 0 aliphatic heterocycles. The molecule has 0 aliphatic rings. The van der Waals surface area contributed by atoms with Crippen molar-refractivity contribution < 1.29 is 9.90 Å². The third-order valence-electron chi connectivity index (χ3n) is 2.94. The number of hydrogen-bond donors (Lipinski definition) is 2. The van der Waals surface area contributed by atoms with E-state index in [2.05, 4.69) is 11.8 Å². The molecule has 0 aromatic heterocycles. The summed E-state index contributed by atoms with van der Waals surface area (Å²) >= 11 is 0. The molecule has 1 aromatic carbocycles. The Kier molecular flexibility index (Phi) is 6.78. The fourth-order valence-corrected chi connectivity index (χ4v) is 1.83. The minimum absolute atomic E-state index is 0.0644. The second-order valence-corrected chi connectivity index (χ2v) is 4.90. The average molecular weight is 274 g/mol. The summed E-state index contributed by atoms with van der Waals surface area (Å²) < 4.78 is 0. The Balaban J connectivity index is 2.90. The van der Waals surface area contributed by atoms with Crippen LogP contribution < -0.4 is 5.73 Å². The molecule has 0 spiro atoms. The van der Waals surface area contributed by atoms with Gasteiger partial charge in [-0.1, -0.05) is 30.0 Å². The van der Waals surface area contributed by atoms with Crippen molar-refractivity contribution in [2.24, 2.45) is 5.73 Å². The Morgan fingerprint density at radius 1 is 1.40 bits per heavy atom. The molecule has 0 unspecified atom stereocenters. The van der Waals surface area contributed by atoms with Crippen molar-refractivity contribution in [1.82, 2.24) is 4.90 Å². The molecule has 0 saturated heterocycles. The van der Waals surface area contributed by atoms with Crippen LogP contribution in [0.4, 0.5) is 0 Å². The summed E-state index contributed by atoms with van der Waals surface area (Å²) in [5.74, 6) is 5.65. The normalized spacial score (nSPS) is 10.4. The molecule has 4 heteroatoms. The summed E-state index contributed by atoms with van der Waals surface area (Å²) in [6, 6.07) is 8.05. The molecule has 0 radical (unpaired) electrons. The zero-order valence-corrected chi connectivity index (χ0v) is 12.1. The highest BCUT2D eigenvalue weighted by Gasteiger charge is 2.13. The first kappa shape index (κ1) is 16.2. The van der Waals surface area contributed by atoms with E-state index in [4.69, 9.17) is 10.8 Å². The zero-order valence-electron chi connectivity index (χ0n) is 12.1.